The molecule has 1 aliphatic rings. The summed E-state index contributed by atoms with van der Waals surface area (Å²) in [7, 11) is 5.36. The lowest BCUT2D eigenvalue weighted by Gasteiger charge is -2.37. The molecule has 142 valence electrons. The number of aromatic nitrogens is 3. The Labute approximate surface area is 157 Å². The van der Waals surface area contributed by atoms with E-state index in [2.05, 4.69) is 10.4 Å². The molecule has 2 heterocycles. The highest BCUT2D eigenvalue weighted by Gasteiger charge is 2.36. The van der Waals surface area contributed by atoms with Gasteiger partial charge in [-0.2, -0.15) is 5.10 Å². The lowest BCUT2D eigenvalue weighted by molar-refractivity contribution is 0.0234. The number of benzene rings is 1. The second-order valence-corrected chi connectivity index (χ2v) is 7.30. The molecule has 0 aliphatic heterocycles. The molecule has 0 spiro atoms. The molecule has 1 aromatic carbocycles. The third kappa shape index (κ3) is 3.19. The molecule has 7 heteroatoms. The van der Waals surface area contributed by atoms with Gasteiger partial charge in [-0.05, 0) is 37.0 Å². The first-order chi connectivity index (χ1) is 13.0. The number of carbonyl (C=O) groups excluding carboxylic acids is 1. The Balaban J connectivity index is 1.63. The third-order valence-corrected chi connectivity index (χ3v) is 5.48. The Morgan fingerprint density at radius 2 is 2.11 bits per heavy atom. The maximum absolute atomic E-state index is 13.1. The number of rotatable bonds is 5. The number of hydrogen-bond acceptors (Lipinski definition) is 4. The van der Waals surface area contributed by atoms with Gasteiger partial charge in [0.2, 0.25) is 0 Å². The molecule has 1 amide bonds. The Kier molecular flexibility index (Phi) is 4.39. The number of aliphatic hydroxyl groups excluding tert-OH is 1. The van der Waals surface area contributed by atoms with Gasteiger partial charge in [0, 0.05) is 37.3 Å². The maximum atomic E-state index is 13.1. The zero-order chi connectivity index (χ0) is 19.1. The largest absolute Gasteiger partial charge is 0.497 e. The predicted molar refractivity (Wildman–Crippen MR) is 102 cm³/mol. The van der Waals surface area contributed by atoms with Gasteiger partial charge in [-0.25, -0.2) is 0 Å². The van der Waals surface area contributed by atoms with Crippen molar-refractivity contribution in [3.8, 4) is 5.75 Å². The zero-order valence-electron chi connectivity index (χ0n) is 15.7. The molecular weight excluding hydrogens is 344 g/mol. The summed E-state index contributed by atoms with van der Waals surface area (Å²) in [5.41, 5.74) is 2.49. The molecule has 0 saturated heterocycles. The van der Waals surface area contributed by atoms with E-state index in [1.807, 2.05) is 49.1 Å². The third-order valence-electron chi connectivity index (χ3n) is 5.48. The molecule has 3 aromatic rings. The smallest absolute Gasteiger partial charge is 0.268 e. The van der Waals surface area contributed by atoms with E-state index < -0.39 is 0 Å². The number of ether oxygens (including phenoxy) is 1. The highest BCUT2D eigenvalue weighted by Crippen LogP contribution is 2.38. The fourth-order valence-electron chi connectivity index (χ4n) is 3.85. The lowest BCUT2D eigenvalue weighted by atomic mass is 9.75. The number of aryl methyl sites for hydroxylation is 2. The van der Waals surface area contributed by atoms with Gasteiger partial charge in [-0.1, -0.05) is 0 Å². The summed E-state index contributed by atoms with van der Waals surface area (Å²) < 4.78 is 8.90. The summed E-state index contributed by atoms with van der Waals surface area (Å²) in [6.45, 7) is 0. The van der Waals surface area contributed by atoms with Crippen LogP contribution in [0.5, 0.6) is 5.75 Å². The molecule has 0 unspecified atom stereocenters. The monoisotopic (exact) mass is 368 g/mol. The predicted octanol–water partition coefficient (Wildman–Crippen LogP) is 2.16. The first-order valence-electron chi connectivity index (χ1n) is 9.07. The molecule has 2 N–H and O–H groups in total. The molecule has 1 saturated carbocycles. The van der Waals surface area contributed by atoms with Crippen LogP contribution in [0.1, 0.15) is 34.9 Å². The number of aliphatic hydroxyl groups is 1. The highest BCUT2D eigenvalue weighted by molar-refractivity contribution is 5.99. The summed E-state index contributed by atoms with van der Waals surface area (Å²) in [5, 5.41) is 18.1. The van der Waals surface area contributed by atoms with Crippen LogP contribution in [0.3, 0.4) is 0 Å². The van der Waals surface area contributed by atoms with Gasteiger partial charge >= 0.3 is 0 Å². The molecule has 2 aromatic heterocycles. The Morgan fingerprint density at radius 1 is 1.33 bits per heavy atom. The van der Waals surface area contributed by atoms with Crippen LogP contribution in [0.4, 0.5) is 0 Å². The van der Waals surface area contributed by atoms with Crippen molar-refractivity contribution in [3.05, 3.63) is 47.9 Å². The molecule has 27 heavy (non-hydrogen) atoms. The van der Waals surface area contributed by atoms with Gasteiger partial charge in [0.15, 0.2) is 0 Å². The molecule has 1 fully saturated rings. The number of carbonyl (C=O) groups is 1. The molecule has 4 rings (SSSR count). The number of fused-ring (bicyclic) bond motifs is 1. The van der Waals surface area contributed by atoms with Crippen LogP contribution in [0.25, 0.3) is 10.9 Å². The van der Waals surface area contributed by atoms with Crippen molar-refractivity contribution in [1.82, 2.24) is 19.7 Å². The average Bonchev–Trinajstić information content (AvgIpc) is 3.20. The number of methoxy groups -OCH3 is 1. The van der Waals surface area contributed by atoms with Crippen molar-refractivity contribution in [2.45, 2.75) is 25.0 Å². The van der Waals surface area contributed by atoms with Crippen LogP contribution in [-0.4, -0.2) is 38.6 Å². The Morgan fingerprint density at radius 3 is 2.74 bits per heavy atom. The van der Waals surface area contributed by atoms with Gasteiger partial charge in [0.1, 0.15) is 11.4 Å². The number of nitrogens with zero attached hydrogens (tertiary/aromatic N) is 3. The van der Waals surface area contributed by atoms with E-state index in [-0.39, 0.29) is 24.0 Å². The van der Waals surface area contributed by atoms with E-state index in [0.717, 1.165) is 22.2 Å². The van der Waals surface area contributed by atoms with Crippen LogP contribution in [-0.2, 0) is 14.1 Å². The van der Waals surface area contributed by atoms with E-state index in [9.17, 15) is 9.90 Å². The van der Waals surface area contributed by atoms with Gasteiger partial charge in [-0.15, -0.1) is 0 Å². The topological polar surface area (TPSA) is 81.3 Å². The number of amides is 1. The van der Waals surface area contributed by atoms with Crippen LogP contribution in [0.2, 0.25) is 0 Å². The molecule has 0 bridgehead atoms. The summed E-state index contributed by atoms with van der Waals surface area (Å²) in [6.07, 6.45) is 4.79. The summed E-state index contributed by atoms with van der Waals surface area (Å²) in [6, 6.07) is 7.49. The normalized spacial score (nSPS) is 20.3. The van der Waals surface area contributed by atoms with Gasteiger partial charge in [0.05, 0.1) is 31.0 Å². The minimum atomic E-state index is -0.281. The van der Waals surface area contributed by atoms with Crippen LogP contribution in [0, 0.1) is 5.92 Å². The summed E-state index contributed by atoms with van der Waals surface area (Å²) in [4.78, 5) is 13.1. The summed E-state index contributed by atoms with van der Waals surface area (Å²) in [5.74, 6) is 0.832. The van der Waals surface area contributed by atoms with E-state index in [0.29, 0.717) is 18.5 Å². The number of nitrogens with one attached hydrogen (secondary N) is 1. The van der Waals surface area contributed by atoms with Crippen molar-refractivity contribution in [3.63, 3.8) is 0 Å². The summed E-state index contributed by atoms with van der Waals surface area (Å²) >= 11 is 0. The zero-order valence-corrected chi connectivity index (χ0v) is 15.7. The SMILES string of the molecule is COc1ccc2cc(C(=O)N[C@@H](c3cnn(C)c3)C3CC(O)C3)n(C)c2c1. The fraction of sp³-hybridized carbons (Fsp3) is 0.400. The van der Waals surface area contributed by atoms with E-state index in [4.69, 9.17) is 4.74 Å². The van der Waals surface area contributed by atoms with Crippen molar-refractivity contribution in [2.75, 3.05) is 7.11 Å². The molecular formula is C20H24N4O3. The van der Waals surface area contributed by atoms with Crippen LogP contribution >= 0.6 is 0 Å². The average molecular weight is 368 g/mol. The highest BCUT2D eigenvalue weighted by atomic mass is 16.5. The molecule has 0 radical (unpaired) electrons. The standard InChI is InChI=1S/C20H24N4O3/c1-23-11-14(10-21-23)19(13-6-15(25)7-13)22-20(26)18-8-12-4-5-16(27-3)9-17(12)24(18)2/h4-5,8-11,13,15,19,25H,6-7H2,1-3H3,(H,22,26)/t13?,15?,19-/m1/s1. The van der Waals surface area contributed by atoms with Crippen molar-refractivity contribution in [2.24, 2.45) is 20.0 Å². The van der Waals surface area contributed by atoms with Gasteiger partial charge < -0.3 is 19.7 Å². The van der Waals surface area contributed by atoms with Crippen molar-refractivity contribution < 1.29 is 14.6 Å². The van der Waals surface area contributed by atoms with E-state index in [1.165, 1.54) is 0 Å². The Bertz CT molecular complexity index is 984. The van der Waals surface area contributed by atoms with Crippen molar-refractivity contribution >= 4 is 16.8 Å². The molecule has 1 aliphatic carbocycles. The first kappa shape index (κ1) is 17.6. The number of hydrogen-bond donors (Lipinski definition) is 2. The second kappa shape index (κ2) is 6.74. The van der Waals surface area contributed by atoms with E-state index in [1.54, 1.807) is 18.0 Å². The van der Waals surface area contributed by atoms with Crippen LogP contribution < -0.4 is 10.1 Å². The van der Waals surface area contributed by atoms with Crippen LogP contribution in [0.15, 0.2) is 36.7 Å². The molecule has 1 atom stereocenters. The van der Waals surface area contributed by atoms with Gasteiger partial charge in [-0.3, -0.25) is 9.48 Å². The van der Waals surface area contributed by atoms with Gasteiger partial charge in [0.25, 0.3) is 5.91 Å². The Hall–Kier alpha value is -2.80. The quantitative estimate of drug-likeness (QED) is 0.723. The second-order valence-electron chi connectivity index (χ2n) is 7.30. The minimum Gasteiger partial charge on any atom is -0.497 e. The van der Waals surface area contributed by atoms with Crippen molar-refractivity contribution in [1.29, 1.82) is 0 Å². The minimum absolute atomic E-state index is 0.136. The van der Waals surface area contributed by atoms with E-state index >= 15 is 0 Å². The fourth-order valence-corrected chi connectivity index (χ4v) is 3.85. The maximum Gasteiger partial charge on any atom is 0.268 e. The molecule has 7 nitrogen and oxygen atoms in total. The first-order valence-corrected chi connectivity index (χ1v) is 9.07. The lowest BCUT2D eigenvalue weighted by Crippen LogP contribution is -2.41.